The van der Waals surface area contributed by atoms with Gasteiger partial charge in [0.1, 0.15) is 11.5 Å². The van der Waals surface area contributed by atoms with Crippen molar-refractivity contribution in [3.8, 4) is 0 Å². The molecular weight excluding hydrogens is 267 g/mol. The minimum Gasteiger partial charge on any atom is -0.292 e. The van der Waals surface area contributed by atoms with E-state index in [4.69, 9.17) is 11.6 Å². The third-order valence-corrected chi connectivity index (χ3v) is 3.09. The lowest BCUT2D eigenvalue weighted by atomic mass is 10.1. The van der Waals surface area contributed by atoms with E-state index in [1.807, 2.05) is 13.8 Å². The van der Waals surface area contributed by atoms with Crippen LogP contribution in [0.15, 0.2) is 30.5 Å². The molecule has 0 spiro atoms. The Kier molecular flexibility index (Phi) is 4.00. The molecule has 0 aliphatic heterocycles. The van der Waals surface area contributed by atoms with E-state index in [0.29, 0.717) is 16.3 Å². The summed E-state index contributed by atoms with van der Waals surface area (Å²) in [6.07, 6.45) is 1.42. The Balaban J connectivity index is 2.31. The topological polar surface area (TPSA) is 34.9 Å². The fourth-order valence-corrected chi connectivity index (χ4v) is 2.13. The second-order valence-electron chi connectivity index (χ2n) is 4.57. The summed E-state index contributed by atoms with van der Waals surface area (Å²) in [6, 6.07) is 6.25. The zero-order valence-corrected chi connectivity index (χ0v) is 11.5. The smallest absolute Gasteiger partial charge is 0.186 e. The third-order valence-electron chi connectivity index (χ3n) is 2.81. The Morgan fingerprint density at radius 3 is 2.74 bits per heavy atom. The van der Waals surface area contributed by atoms with Gasteiger partial charge in [0.25, 0.3) is 0 Å². The normalized spacial score (nSPS) is 11.0. The number of aromatic nitrogens is 2. The minimum atomic E-state index is -0.386. The van der Waals surface area contributed by atoms with Crippen LogP contribution in [0, 0.1) is 5.82 Å². The molecule has 0 aliphatic carbocycles. The van der Waals surface area contributed by atoms with E-state index in [1.165, 1.54) is 12.3 Å². The second kappa shape index (κ2) is 5.53. The average molecular weight is 281 g/mol. The predicted molar refractivity (Wildman–Crippen MR) is 72.1 cm³/mol. The van der Waals surface area contributed by atoms with E-state index >= 15 is 0 Å². The maximum absolute atomic E-state index is 13.5. The van der Waals surface area contributed by atoms with E-state index < -0.39 is 0 Å². The summed E-state index contributed by atoms with van der Waals surface area (Å²) < 4.78 is 15.1. The first-order valence-corrected chi connectivity index (χ1v) is 6.38. The van der Waals surface area contributed by atoms with Crippen LogP contribution in [0.25, 0.3) is 0 Å². The van der Waals surface area contributed by atoms with Crippen LogP contribution >= 0.6 is 11.6 Å². The van der Waals surface area contributed by atoms with E-state index in [9.17, 15) is 9.18 Å². The summed E-state index contributed by atoms with van der Waals surface area (Å²) in [5, 5.41) is 4.37. The predicted octanol–water partition coefficient (Wildman–Crippen LogP) is 3.68. The van der Waals surface area contributed by atoms with Gasteiger partial charge in [-0.3, -0.25) is 9.48 Å². The first kappa shape index (κ1) is 13.7. The van der Waals surface area contributed by atoms with Crippen molar-refractivity contribution < 1.29 is 9.18 Å². The fraction of sp³-hybridized carbons (Fsp3) is 0.286. The number of nitrogens with zero attached hydrogens (tertiary/aromatic N) is 2. The van der Waals surface area contributed by atoms with Crippen molar-refractivity contribution in [1.29, 1.82) is 0 Å². The number of halogens is 2. The van der Waals surface area contributed by atoms with Crippen LogP contribution in [0.4, 0.5) is 4.39 Å². The quantitative estimate of drug-likeness (QED) is 0.801. The molecule has 0 bridgehead atoms. The number of hydrogen-bond acceptors (Lipinski definition) is 2. The average Bonchev–Trinajstić information content (AvgIpc) is 2.74. The van der Waals surface area contributed by atoms with E-state index in [0.717, 1.165) is 0 Å². The van der Waals surface area contributed by atoms with Crippen molar-refractivity contribution in [1.82, 2.24) is 9.78 Å². The van der Waals surface area contributed by atoms with E-state index in [-0.39, 0.29) is 24.1 Å². The van der Waals surface area contributed by atoms with Gasteiger partial charge in [0.05, 0.1) is 11.2 Å². The molecule has 3 nitrogen and oxygen atoms in total. The first-order valence-electron chi connectivity index (χ1n) is 6.00. The summed E-state index contributed by atoms with van der Waals surface area (Å²) in [4.78, 5) is 12.3. The Hall–Kier alpha value is -1.68. The van der Waals surface area contributed by atoms with Gasteiger partial charge in [0.15, 0.2) is 5.78 Å². The molecule has 0 saturated carbocycles. The zero-order valence-electron chi connectivity index (χ0n) is 10.7. The van der Waals surface area contributed by atoms with Crippen molar-refractivity contribution >= 4 is 17.4 Å². The van der Waals surface area contributed by atoms with E-state index in [2.05, 4.69) is 5.10 Å². The SMILES string of the molecule is CC(C)n1ncc(Cl)c1C(=O)Cc1ccccc1F. The van der Waals surface area contributed by atoms with Crippen molar-refractivity contribution in [3.63, 3.8) is 0 Å². The van der Waals surface area contributed by atoms with Gasteiger partial charge >= 0.3 is 0 Å². The minimum absolute atomic E-state index is 0.0204. The summed E-state index contributed by atoms with van der Waals surface area (Å²) in [5.74, 6) is -0.621. The Morgan fingerprint density at radius 2 is 2.11 bits per heavy atom. The second-order valence-corrected chi connectivity index (χ2v) is 4.98. The van der Waals surface area contributed by atoms with Crippen LogP contribution in [0.1, 0.15) is 35.9 Å². The number of ketones is 1. The van der Waals surface area contributed by atoms with Crippen molar-refractivity contribution in [2.24, 2.45) is 0 Å². The van der Waals surface area contributed by atoms with Gasteiger partial charge in [-0.05, 0) is 25.5 Å². The molecule has 0 saturated heterocycles. The van der Waals surface area contributed by atoms with E-state index in [1.54, 1.807) is 22.9 Å². The highest BCUT2D eigenvalue weighted by molar-refractivity contribution is 6.33. The van der Waals surface area contributed by atoms with Crippen LogP contribution in [0.2, 0.25) is 5.02 Å². The molecule has 0 N–H and O–H groups in total. The highest BCUT2D eigenvalue weighted by Gasteiger charge is 2.20. The molecule has 0 radical (unpaired) electrons. The fourth-order valence-electron chi connectivity index (χ4n) is 1.89. The lowest BCUT2D eigenvalue weighted by Gasteiger charge is -2.10. The molecule has 2 rings (SSSR count). The number of hydrogen-bond donors (Lipinski definition) is 0. The molecule has 1 aromatic carbocycles. The molecule has 100 valence electrons. The van der Waals surface area contributed by atoms with Crippen molar-refractivity contribution in [2.45, 2.75) is 26.3 Å². The number of Topliss-reactive ketones (excluding diaryl/α,β-unsaturated/α-hetero) is 1. The Labute approximate surface area is 116 Å². The summed E-state index contributed by atoms with van der Waals surface area (Å²) in [7, 11) is 0. The Bertz CT molecular complexity index is 607. The maximum atomic E-state index is 13.5. The lowest BCUT2D eigenvalue weighted by Crippen LogP contribution is -2.15. The van der Waals surface area contributed by atoms with Gasteiger partial charge < -0.3 is 0 Å². The van der Waals surface area contributed by atoms with Crippen LogP contribution < -0.4 is 0 Å². The lowest BCUT2D eigenvalue weighted by molar-refractivity contribution is 0.0980. The van der Waals surface area contributed by atoms with Crippen LogP contribution in [-0.4, -0.2) is 15.6 Å². The molecule has 2 aromatic rings. The Morgan fingerprint density at radius 1 is 1.42 bits per heavy atom. The van der Waals surface area contributed by atoms with Crippen LogP contribution in [0.5, 0.6) is 0 Å². The van der Waals surface area contributed by atoms with Crippen molar-refractivity contribution in [2.75, 3.05) is 0 Å². The number of carbonyl (C=O) groups is 1. The molecule has 0 unspecified atom stereocenters. The highest BCUT2D eigenvalue weighted by atomic mass is 35.5. The molecule has 0 atom stereocenters. The van der Waals surface area contributed by atoms with Gasteiger partial charge in [-0.2, -0.15) is 5.10 Å². The van der Waals surface area contributed by atoms with Crippen molar-refractivity contribution in [3.05, 3.63) is 52.6 Å². The summed E-state index contributed by atoms with van der Waals surface area (Å²) >= 11 is 5.99. The van der Waals surface area contributed by atoms with Crippen LogP contribution in [-0.2, 0) is 6.42 Å². The molecule has 0 amide bonds. The first-order chi connectivity index (χ1) is 9.00. The number of benzene rings is 1. The summed E-state index contributed by atoms with van der Waals surface area (Å²) in [5.41, 5.74) is 0.694. The molecular formula is C14H14ClFN2O. The number of carbonyl (C=O) groups excluding carboxylic acids is 1. The summed E-state index contributed by atoms with van der Waals surface area (Å²) in [6.45, 7) is 3.81. The largest absolute Gasteiger partial charge is 0.292 e. The molecule has 1 aromatic heterocycles. The molecule has 0 fully saturated rings. The van der Waals surface area contributed by atoms with Gasteiger partial charge in [-0.15, -0.1) is 0 Å². The third kappa shape index (κ3) is 2.84. The standard InChI is InChI=1S/C14H14ClFN2O/c1-9(2)18-14(11(15)8-17-18)13(19)7-10-5-3-4-6-12(10)16/h3-6,8-9H,7H2,1-2H3. The number of rotatable bonds is 4. The maximum Gasteiger partial charge on any atom is 0.186 e. The van der Waals surface area contributed by atoms with Gasteiger partial charge in [0, 0.05) is 12.5 Å². The monoisotopic (exact) mass is 280 g/mol. The van der Waals surface area contributed by atoms with Gasteiger partial charge in [-0.1, -0.05) is 29.8 Å². The highest BCUT2D eigenvalue weighted by Crippen LogP contribution is 2.21. The molecule has 19 heavy (non-hydrogen) atoms. The van der Waals surface area contributed by atoms with Gasteiger partial charge in [0.2, 0.25) is 0 Å². The molecule has 0 aliphatic rings. The van der Waals surface area contributed by atoms with Crippen LogP contribution in [0.3, 0.4) is 0 Å². The van der Waals surface area contributed by atoms with Gasteiger partial charge in [-0.25, -0.2) is 4.39 Å². The molecule has 5 heteroatoms. The zero-order chi connectivity index (χ0) is 14.0. The molecule has 1 heterocycles.